The van der Waals surface area contributed by atoms with Crippen LogP contribution in [0.4, 0.5) is 4.79 Å². The third kappa shape index (κ3) is 4.67. The van der Waals surface area contributed by atoms with Crippen molar-refractivity contribution >= 4 is 11.9 Å². The predicted molar refractivity (Wildman–Crippen MR) is 57.5 cm³/mol. The first-order valence-corrected chi connectivity index (χ1v) is 5.47. The Bertz CT molecular complexity index is 225. The van der Waals surface area contributed by atoms with E-state index in [9.17, 15) is 9.59 Å². The predicted octanol–water partition coefficient (Wildman–Crippen LogP) is 0.364. The Kier molecular flexibility index (Phi) is 4.93. The molecule has 1 rings (SSSR count). The molecular formula is C10H19N3O2. The number of carbonyl (C=O) groups is 2. The van der Waals surface area contributed by atoms with E-state index in [1.165, 1.54) is 12.8 Å². The second-order valence-corrected chi connectivity index (χ2v) is 3.80. The molecule has 3 N–H and O–H groups in total. The van der Waals surface area contributed by atoms with Crippen molar-refractivity contribution in [2.75, 3.05) is 13.6 Å². The molecule has 0 radical (unpaired) electrons. The smallest absolute Gasteiger partial charge is 0.315 e. The van der Waals surface area contributed by atoms with Gasteiger partial charge in [-0.2, -0.15) is 0 Å². The zero-order valence-electron chi connectivity index (χ0n) is 9.14. The van der Waals surface area contributed by atoms with Crippen molar-refractivity contribution in [3.63, 3.8) is 0 Å². The highest BCUT2D eigenvalue weighted by atomic mass is 16.2. The molecule has 5 nitrogen and oxygen atoms in total. The molecule has 0 aliphatic heterocycles. The number of amides is 3. The first-order chi connectivity index (χ1) is 7.22. The van der Waals surface area contributed by atoms with E-state index in [2.05, 4.69) is 16.0 Å². The number of hydrogen-bond donors (Lipinski definition) is 3. The molecule has 5 heteroatoms. The number of carbonyl (C=O) groups excluding carboxylic acids is 2. The monoisotopic (exact) mass is 213 g/mol. The fourth-order valence-corrected chi connectivity index (χ4v) is 1.72. The molecule has 1 fully saturated rings. The summed E-state index contributed by atoms with van der Waals surface area (Å²) in [6.07, 6.45) is 4.87. The average Bonchev–Trinajstić information content (AvgIpc) is 2.70. The van der Waals surface area contributed by atoms with Gasteiger partial charge >= 0.3 is 6.03 Å². The van der Waals surface area contributed by atoms with Gasteiger partial charge in [0.25, 0.3) is 0 Å². The summed E-state index contributed by atoms with van der Waals surface area (Å²) < 4.78 is 0. The van der Waals surface area contributed by atoms with Crippen molar-refractivity contribution in [2.24, 2.45) is 0 Å². The van der Waals surface area contributed by atoms with Crippen LogP contribution < -0.4 is 16.0 Å². The summed E-state index contributed by atoms with van der Waals surface area (Å²) in [6, 6.07) is 0.163. The van der Waals surface area contributed by atoms with Crippen LogP contribution in [0.3, 0.4) is 0 Å². The molecule has 0 unspecified atom stereocenters. The largest absolute Gasteiger partial charge is 0.359 e. The highest BCUT2D eigenvalue weighted by molar-refractivity contribution is 5.78. The third-order valence-corrected chi connectivity index (χ3v) is 2.61. The Morgan fingerprint density at radius 3 is 2.53 bits per heavy atom. The van der Waals surface area contributed by atoms with E-state index in [0.29, 0.717) is 19.0 Å². The molecule has 0 heterocycles. The van der Waals surface area contributed by atoms with E-state index < -0.39 is 0 Å². The lowest BCUT2D eigenvalue weighted by atomic mass is 10.2. The summed E-state index contributed by atoms with van der Waals surface area (Å²) >= 11 is 0. The van der Waals surface area contributed by atoms with Crippen molar-refractivity contribution in [2.45, 2.75) is 38.1 Å². The van der Waals surface area contributed by atoms with Gasteiger partial charge in [-0.1, -0.05) is 12.8 Å². The van der Waals surface area contributed by atoms with E-state index in [-0.39, 0.29) is 11.9 Å². The van der Waals surface area contributed by atoms with Gasteiger partial charge in [0.2, 0.25) is 5.91 Å². The molecule has 0 saturated heterocycles. The molecule has 0 aromatic carbocycles. The maximum absolute atomic E-state index is 11.3. The zero-order chi connectivity index (χ0) is 11.1. The fraction of sp³-hybridized carbons (Fsp3) is 0.800. The number of urea groups is 1. The Labute approximate surface area is 90.0 Å². The van der Waals surface area contributed by atoms with Crippen LogP contribution in [-0.4, -0.2) is 31.6 Å². The van der Waals surface area contributed by atoms with Gasteiger partial charge in [-0.25, -0.2) is 4.79 Å². The average molecular weight is 213 g/mol. The maximum Gasteiger partial charge on any atom is 0.315 e. The van der Waals surface area contributed by atoms with E-state index >= 15 is 0 Å². The van der Waals surface area contributed by atoms with Crippen molar-refractivity contribution < 1.29 is 9.59 Å². The molecule has 1 aliphatic rings. The molecule has 0 spiro atoms. The van der Waals surface area contributed by atoms with Gasteiger partial charge in [-0.05, 0) is 12.8 Å². The highest BCUT2D eigenvalue weighted by Crippen LogP contribution is 2.17. The summed E-state index contributed by atoms with van der Waals surface area (Å²) in [6.45, 7) is 0.387. The van der Waals surface area contributed by atoms with Crippen LogP contribution >= 0.6 is 0 Å². The van der Waals surface area contributed by atoms with Crippen molar-refractivity contribution in [3.05, 3.63) is 0 Å². The first-order valence-electron chi connectivity index (χ1n) is 5.47. The minimum atomic E-state index is -0.161. The molecule has 0 bridgehead atoms. The van der Waals surface area contributed by atoms with Crippen LogP contribution in [0, 0.1) is 0 Å². The standard InChI is InChI=1S/C10H19N3O2/c1-11-9(14)6-7-12-10(15)13-8-4-2-3-5-8/h8H,2-7H2,1H3,(H,11,14)(H2,12,13,15). The van der Waals surface area contributed by atoms with E-state index in [1.807, 2.05) is 0 Å². The van der Waals surface area contributed by atoms with Gasteiger partial charge in [0.1, 0.15) is 0 Å². The molecule has 86 valence electrons. The van der Waals surface area contributed by atoms with Crippen molar-refractivity contribution in [1.29, 1.82) is 0 Å². The lowest BCUT2D eigenvalue weighted by Gasteiger charge is -2.12. The van der Waals surface area contributed by atoms with Crippen LogP contribution in [0.5, 0.6) is 0 Å². The van der Waals surface area contributed by atoms with Crippen LogP contribution in [0.25, 0.3) is 0 Å². The van der Waals surface area contributed by atoms with E-state index in [0.717, 1.165) is 12.8 Å². The molecule has 15 heavy (non-hydrogen) atoms. The topological polar surface area (TPSA) is 70.2 Å². The highest BCUT2D eigenvalue weighted by Gasteiger charge is 2.16. The summed E-state index contributed by atoms with van der Waals surface area (Å²) in [5.41, 5.74) is 0. The second-order valence-electron chi connectivity index (χ2n) is 3.80. The Hall–Kier alpha value is -1.26. The van der Waals surface area contributed by atoms with Gasteiger partial charge < -0.3 is 16.0 Å². The summed E-state index contributed by atoms with van der Waals surface area (Å²) in [5.74, 6) is -0.0591. The van der Waals surface area contributed by atoms with Gasteiger partial charge in [0, 0.05) is 26.1 Å². The quantitative estimate of drug-likeness (QED) is 0.631. The molecule has 0 aromatic rings. The van der Waals surface area contributed by atoms with Gasteiger partial charge in [-0.15, -0.1) is 0 Å². The summed E-state index contributed by atoms with van der Waals surface area (Å²) in [5, 5.41) is 8.05. The van der Waals surface area contributed by atoms with Gasteiger partial charge in [0.15, 0.2) is 0 Å². The van der Waals surface area contributed by atoms with Crippen molar-refractivity contribution in [1.82, 2.24) is 16.0 Å². The first kappa shape index (κ1) is 11.8. The van der Waals surface area contributed by atoms with Crippen LogP contribution in [0.2, 0.25) is 0 Å². The minimum absolute atomic E-state index is 0.0591. The maximum atomic E-state index is 11.3. The Morgan fingerprint density at radius 1 is 1.27 bits per heavy atom. The Balaban J connectivity index is 2.05. The van der Waals surface area contributed by atoms with E-state index in [1.54, 1.807) is 7.05 Å². The van der Waals surface area contributed by atoms with Crippen LogP contribution in [-0.2, 0) is 4.79 Å². The lowest BCUT2D eigenvalue weighted by Crippen LogP contribution is -2.42. The molecule has 1 aliphatic carbocycles. The second kappa shape index (κ2) is 6.27. The van der Waals surface area contributed by atoms with E-state index in [4.69, 9.17) is 0 Å². The minimum Gasteiger partial charge on any atom is -0.359 e. The lowest BCUT2D eigenvalue weighted by molar-refractivity contribution is -0.120. The zero-order valence-corrected chi connectivity index (χ0v) is 9.14. The third-order valence-electron chi connectivity index (χ3n) is 2.61. The normalized spacial score (nSPS) is 16.1. The van der Waals surface area contributed by atoms with Gasteiger partial charge in [-0.3, -0.25) is 4.79 Å². The van der Waals surface area contributed by atoms with Crippen LogP contribution in [0.1, 0.15) is 32.1 Å². The molecule has 1 saturated carbocycles. The SMILES string of the molecule is CNC(=O)CCNC(=O)NC1CCCC1. The van der Waals surface area contributed by atoms with Gasteiger partial charge in [0.05, 0.1) is 0 Å². The van der Waals surface area contributed by atoms with Crippen molar-refractivity contribution in [3.8, 4) is 0 Å². The molecule has 0 aromatic heterocycles. The number of rotatable bonds is 4. The summed E-state index contributed by atoms with van der Waals surface area (Å²) in [7, 11) is 1.58. The molecule has 0 atom stereocenters. The summed E-state index contributed by atoms with van der Waals surface area (Å²) in [4.78, 5) is 22.2. The number of nitrogens with one attached hydrogen (secondary N) is 3. The molecule has 3 amide bonds. The Morgan fingerprint density at radius 2 is 1.93 bits per heavy atom. The number of hydrogen-bond acceptors (Lipinski definition) is 2. The molecular weight excluding hydrogens is 194 g/mol. The fourth-order valence-electron chi connectivity index (χ4n) is 1.72. The van der Waals surface area contributed by atoms with Crippen LogP contribution in [0.15, 0.2) is 0 Å².